The van der Waals surface area contributed by atoms with Crippen LogP contribution < -0.4 is 10.5 Å². The maximum Gasteiger partial charge on any atom is 0.340 e. The molecule has 0 spiro atoms. The zero-order valence-electron chi connectivity index (χ0n) is 14.3. The van der Waals surface area contributed by atoms with E-state index in [-0.39, 0.29) is 12.4 Å². The van der Waals surface area contributed by atoms with Crippen LogP contribution in [0.4, 0.5) is 10.1 Å². The molecule has 0 saturated carbocycles. The maximum atomic E-state index is 13.3. The first-order chi connectivity index (χ1) is 12.0. The number of benzene rings is 2. The number of halogens is 1. The molecule has 0 saturated heterocycles. The number of methoxy groups -OCH3 is 1. The number of hydrogen-bond donors (Lipinski definition) is 1. The molecule has 130 valence electrons. The van der Waals surface area contributed by atoms with E-state index in [0.717, 1.165) is 11.2 Å². The molecule has 0 bridgehead atoms. The molecule has 3 aromatic rings. The van der Waals surface area contributed by atoms with Crippen LogP contribution in [0.5, 0.6) is 5.75 Å². The molecular formula is C19H19FN2O3. The molecule has 0 unspecified atom stereocenters. The number of fused-ring (bicyclic) bond motifs is 1. The summed E-state index contributed by atoms with van der Waals surface area (Å²) in [4.78, 5) is 12.5. The zero-order valence-corrected chi connectivity index (χ0v) is 14.3. The fourth-order valence-corrected chi connectivity index (χ4v) is 3.07. The molecule has 0 amide bonds. The lowest BCUT2D eigenvalue weighted by molar-refractivity contribution is 0.0527. The lowest BCUT2D eigenvalue weighted by Crippen LogP contribution is -2.07. The average molecular weight is 342 g/mol. The van der Waals surface area contributed by atoms with Gasteiger partial charge in [-0.2, -0.15) is 0 Å². The fourth-order valence-electron chi connectivity index (χ4n) is 3.07. The number of carbonyl (C=O) groups is 1. The molecule has 25 heavy (non-hydrogen) atoms. The molecule has 2 N–H and O–H groups in total. The second-order valence-electron chi connectivity index (χ2n) is 5.57. The van der Waals surface area contributed by atoms with Crippen molar-refractivity contribution in [1.29, 1.82) is 0 Å². The smallest absolute Gasteiger partial charge is 0.340 e. The van der Waals surface area contributed by atoms with Crippen molar-refractivity contribution in [1.82, 2.24) is 4.57 Å². The summed E-state index contributed by atoms with van der Waals surface area (Å²) in [6.45, 7) is 3.81. The first kappa shape index (κ1) is 16.8. The number of nitrogens with two attached hydrogens (primary N) is 1. The predicted octanol–water partition coefficient (Wildman–Crippen LogP) is 3.85. The third kappa shape index (κ3) is 2.69. The van der Waals surface area contributed by atoms with Crippen molar-refractivity contribution in [3.8, 4) is 11.4 Å². The van der Waals surface area contributed by atoms with Gasteiger partial charge in [-0.25, -0.2) is 9.18 Å². The highest BCUT2D eigenvalue weighted by molar-refractivity contribution is 6.12. The van der Waals surface area contributed by atoms with Crippen LogP contribution in [0.1, 0.15) is 23.0 Å². The monoisotopic (exact) mass is 342 g/mol. The van der Waals surface area contributed by atoms with E-state index in [4.69, 9.17) is 15.2 Å². The van der Waals surface area contributed by atoms with Crippen molar-refractivity contribution in [3.63, 3.8) is 0 Å². The van der Waals surface area contributed by atoms with Crippen LogP contribution in [0, 0.1) is 12.7 Å². The average Bonchev–Trinajstić information content (AvgIpc) is 2.89. The molecule has 0 atom stereocenters. The quantitative estimate of drug-likeness (QED) is 0.578. The van der Waals surface area contributed by atoms with Crippen molar-refractivity contribution in [2.45, 2.75) is 13.8 Å². The Morgan fingerprint density at radius 3 is 2.48 bits per heavy atom. The number of ether oxygens (including phenoxy) is 2. The van der Waals surface area contributed by atoms with Gasteiger partial charge in [0.1, 0.15) is 11.6 Å². The van der Waals surface area contributed by atoms with Crippen molar-refractivity contribution >= 4 is 22.6 Å². The minimum Gasteiger partial charge on any atom is -0.495 e. The Morgan fingerprint density at radius 2 is 1.88 bits per heavy atom. The normalized spacial score (nSPS) is 10.9. The lowest BCUT2D eigenvalue weighted by atomic mass is 10.1. The van der Waals surface area contributed by atoms with Crippen molar-refractivity contribution in [2.75, 3.05) is 19.5 Å². The lowest BCUT2D eigenvalue weighted by Gasteiger charge is -2.09. The summed E-state index contributed by atoms with van der Waals surface area (Å²) < 4.78 is 25.6. The van der Waals surface area contributed by atoms with Gasteiger partial charge in [-0.1, -0.05) is 0 Å². The maximum absolute atomic E-state index is 13.3. The Hall–Kier alpha value is -3.02. The first-order valence-corrected chi connectivity index (χ1v) is 7.90. The van der Waals surface area contributed by atoms with Crippen molar-refractivity contribution < 1.29 is 18.7 Å². The first-order valence-electron chi connectivity index (χ1n) is 7.90. The van der Waals surface area contributed by atoms with E-state index in [1.165, 1.54) is 19.2 Å². The van der Waals surface area contributed by atoms with E-state index in [0.29, 0.717) is 28.1 Å². The third-order valence-electron chi connectivity index (χ3n) is 4.16. The number of nitrogen functional groups attached to an aromatic ring is 1. The molecular weight excluding hydrogens is 323 g/mol. The van der Waals surface area contributed by atoms with Gasteiger partial charge in [-0.15, -0.1) is 0 Å². The Morgan fingerprint density at radius 1 is 1.20 bits per heavy atom. The Kier molecular flexibility index (Phi) is 4.35. The number of anilines is 1. The SMILES string of the molecule is CCOC(=O)c1c(C)n(-c2ccc(F)cc2)c2ccc(OC)c(N)c12. The number of aromatic nitrogens is 1. The molecule has 0 aliphatic rings. The number of hydrogen-bond acceptors (Lipinski definition) is 4. The van der Waals surface area contributed by atoms with Crippen LogP contribution in [-0.4, -0.2) is 24.3 Å². The fraction of sp³-hybridized carbons (Fsp3) is 0.211. The molecule has 0 aliphatic carbocycles. The van der Waals surface area contributed by atoms with Gasteiger partial charge in [0.25, 0.3) is 0 Å². The molecule has 5 nitrogen and oxygen atoms in total. The summed E-state index contributed by atoms with van der Waals surface area (Å²) in [7, 11) is 1.52. The van der Waals surface area contributed by atoms with E-state index >= 15 is 0 Å². The van der Waals surface area contributed by atoms with Gasteiger partial charge in [0.15, 0.2) is 0 Å². The van der Waals surface area contributed by atoms with Gasteiger partial charge in [-0.3, -0.25) is 0 Å². The number of esters is 1. The number of carbonyl (C=O) groups excluding carboxylic acids is 1. The molecule has 6 heteroatoms. The van der Waals surface area contributed by atoms with Crippen LogP contribution >= 0.6 is 0 Å². The molecule has 2 aromatic carbocycles. The van der Waals surface area contributed by atoms with Crippen LogP contribution in [0.2, 0.25) is 0 Å². The molecule has 0 aliphatic heterocycles. The highest BCUT2D eigenvalue weighted by atomic mass is 19.1. The summed E-state index contributed by atoms with van der Waals surface area (Å²) >= 11 is 0. The van der Waals surface area contributed by atoms with Crippen molar-refractivity contribution in [3.05, 3.63) is 53.5 Å². The topological polar surface area (TPSA) is 66.5 Å². The molecule has 1 heterocycles. The highest BCUT2D eigenvalue weighted by Crippen LogP contribution is 2.38. The van der Waals surface area contributed by atoms with Gasteiger partial charge in [-0.05, 0) is 50.2 Å². The third-order valence-corrected chi connectivity index (χ3v) is 4.16. The van der Waals surface area contributed by atoms with E-state index in [1.807, 2.05) is 17.6 Å². The summed E-state index contributed by atoms with van der Waals surface area (Å²) in [5.41, 5.74) is 9.12. The van der Waals surface area contributed by atoms with E-state index < -0.39 is 5.97 Å². The van der Waals surface area contributed by atoms with E-state index in [2.05, 4.69) is 0 Å². The van der Waals surface area contributed by atoms with E-state index in [9.17, 15) is 9.18 Å². The Bertz CT molecular complexity index is 946. The summed E-state index contributed by atoms with van der Waals surface area (Å²) in [6.07, 6.45) is 0. The van der Waals surface area contributed by atoms with Crippen LogP contribution in [0.15, 0.2) is 36.4 Å². The molecule has 0 fully saturated rings. The molecule has 1 aromatic heterocycles. The minimum absolute atomic E-state index is 0.255. The predicted molar refractivity (Wildman–Crippen MR) is 94.9 cm³/mol. The summed E-state index contributed by atoms with van der Waals surface area (Å²) in [5.74, 6) is -0.301. The van der Waals surface area contributed by atoms with Gasteiger partial charge < -0.3 is 19.8 Å². The van der Waals surface area contributed by atoms with Gasteiger partial charge in [0.2, 0.25) is 0 Å². The summed E-state index contributed by atoms with van der Waals surface area (Å²) in [6, 6.07) is 9.61. The Labute approximate surface area is 144 Å². The van der Waals surface area contributed by atoms with Crippen LogP contribution in [0.3, 0.4) is 0 Å². The second kappa shape index (κ2) is 6.47. The zero-order chi connectivity index (χ0) is 18.1. The van der Waals surface area contributed by atoms with Gasteiger partial charge >= 0.3 is 5.97 Å². The van der Waals surface area contributed by atoms with Crippen LogP contribution in [-0.2, 0) is 4.74 Å². The minimum atomic E-state index is -0.453. The number of nitrogens with zero attached hydrogens (tertiary/aromatic N) is 1. The largest absolute Gasteiger partial charge is 0.495 e. The molecule has 3 rings (SSSR count). The molecule has 0 radical (unpaired) electrons. The Balaban J connectivity index is 2.38. The summed E-state index contributed by atoms with van der Waals surface area (Å²) in [5, 5.41) is 0.569. The van der Waals surface area contributed by atoms with Gasteiger partial charge in [0.05, 0.1) is 30.5 Å². The number of rotatable bonds is 4. The van der Waals surface area contributed by atoms with Gasteiger partial charge in [0, 0.05) is 16.8 Å². The van der Waals surface area contributed by atoms with Crippen molar-refractivity contribution in [2.24, 2.45) is 0 Å². The van der Waals surface area contributed by atoms with Crippen LogP contribution in [0.25, 0.3) is 16.6 Å². The standard InChI is InChI=1S/C19H19FN2O3/c1-4-25-19(23)16-11(2)22(13-7-5-12(20)6-8-13)14-9-10-15(24-3)18(21)17(14)16/h5-10H,4,21H2,1-3H3. The highest BCUT2D eigenvalue weighted by Gasteiger charge is 2.25. The van der Waals surface area contributed by atoms with E-state index in [1.54, 1.807) is 25.1 Å². The second-order valence-corrected chi connectivity index (χ2v) is 5.57.